The maximum absolute atomic E-state index is 13.2. The largest absolute Gasteiger partial charge is 0.356 e. The average Bonchev–Trinajstić information content (AvgIpc) is 3.65. The Bertz CT molecular complexity index is 1510. The van der Waals surface area contributed by atoms with Gasteiger partial charge in [-0.3, -0.25) is 10.2 Å². The van der Waals surface area contributed by atoms with Gasteiger partial charge in [0, 0.05) is 60.3 Å². The van der Waals surface area contributed by atoms with Crippen LogP contribution in [0, 0.1) is 5.41 Å². The maximum Gasteiger partial charge on any atom is 0.259 e. The second kappa shape index (κ2) is 11.2. The van der Waals surface area contributed by atoms with Crippen LogP contribution in [0.15, 0.2) is 53.6 Å². The van der Waals surface area contributed by atoms with Gasteiger partial charge in [-0.1, -0.05) is 35.9 Å². The summed E-state index contributed by atoms with van der Waals surface area (Å²) in [5.41, 5.74) is 2.52. The number of aromatic amines is 1. The molecule has 0 aliphatic carbocycles. The van der Waals surface area contributed by atoms with Gasteiger partial charge in [-0.15, -0.1) is 0 Å². The number of carbonyl (C=O) groups is 1. The second-order valence-corrected chi connectivity index (χ2v) is 13.4. The fraction of sp³-hybridized carbons (Fsp3) is 0.448. The van der Waals surface area contributed by atoms with E-state index in [4.69, 9.17) is 17.0 Å². The molecule has 3 saturated heterocycles. The van der Waals surface area contributed by atoms with Crippen LogP contribution in [0.4, 0.5) is 0 Å². The Hall–Kier alpha value is -2.92. The predicted molar refractivity (Wildman–Crippen MR) is 156 cm³/mol. The molecule has 3 aromatic rings. The van der Waals surface area contributed by atoms with Crippen LogP contribution in [-0.2, 0) is 21.4 Å². The summed E-state index contributed by atoms with van der Waals surface area (Å²) in [6.45, 7) is 5.01. The number of fused-ring (bicyclic) bond motifs is 1. The van der Waals surface area contributed by atoms with E-state index in [9.17, 15) is 13.2 Å². The van der Waals surface area contributed by atoms with Crippen LogP contribution in [0.5, 0.6) is 0 Å². The van der Waals surface area contributed by atoms with Crippen molar-refractivity contribution < 1.29 is 13.2 Å². The molecule has 0 radical (unpaired) electrons. The topological polar surface area (TPSA) is 104 Å². The molecule has 3 fully saturated rings. The summed E-state index contributed by atoms with van der Waals surface area (Å²) in [6.07, 6.45) is 4.84. The number of rotatable bonds is 6. The number of piperazine rings is 1. The van der Waals surface area contributed by atoms with Crippen molar-refractivity contribution >= 4 is 44.3 Å². The van der Waals surface area contributed by atoms with Gasteiger partial charge in [0.05, 0.1) is 6.54 Å². The zero-order valence-electron chi connectivity index (χ0n) is 22.5. The van der Waals surface area contributed by atoms with Crippen LogP contribution in [0.2, 0.25) is 5.02 Å². The third-order valence-corrected chi connectivity index (χ3v) is 10.5. The Morgan fingerprint density at radius 1 is 0.950 bits per heavy atom. The molecule has 4 heterocycles. The minimum atomic E-state index is -3.84. The lowest BCUT2D eigenvalue weighted by Crippen LogP contribution is -2.51. The molecular formula is C29H35ClN6O3S. The Morgan fingerprint density at radius 2 is 1.68 bits per heavy atom. The van der Waals surface area contributed by atoms with Gasteiger partial charge in [-0.05, 0) is 68.6 Å². The number of nitrogens with zero attached hydrogens (tertiary/aromatic N) is 4. The van der Waals surface area contributed by atoms with E-state index in [1.165, 1.54) is 30.2 Å². The molecule has 2 aromatic carbocycles. The smallest absolute Gasteiger partial charge is 0.259 e. The van der Waals surface area contributed by atoms with Crippen molar-refractivity contribution in [3.63, 3.8) is 0 Å². The fourth-order valence-electron chi connectivity index (χ4n) is 6.15. The number of aromatic nitrogens is 1. The lowest BCUT2D eigenvalue weighted by atomic mass is 10.0. The molecule has 6 rings (SSSR count). The summed E-state index contributed by atoms with van der Waals surface area (Å²) in [4.78, 5) is 22.4. The quantitative estimate of drug-likeness (QED) is 0.340. The Morgan fingerprint density at radius 3 is 2.38 bits per heavy atom. The molecule has 0 atom stereocenters. The average molecular weight is 583 g/mol. The molecule has 11 heteroatoms. The highest BCUT2D eigenvalue weighted by atomic mass is 35.5. The molecule has 0 spiro atoms. The van der Waals surface area contributed by atoms with E-state index in [-0.39, 0.29) is 24.0 Å². The molecule has 3 aliphatic heterocycles. The SMILES string of the molecule is N=C(c1ccc(CN2CCN(S(=O)(=O)c3cc4cc(Cl)ccc4[nH]3)CC2=O)cc1)N1CCC(N2CCCC2)CC1. The van der Waals surface area contributed by atoms with Gasteiger partial charge in [-0.2, -0.15) is 4.31 Å². The number of hydrogen-bond donors (Lipinski definition) is 2. The minimum absolute atomic E-state index is 0.0596. The van der Waals surface area contributed by atoms with E-state index < -0.39 is 10.0 Å². The highest BCUT2D eigenvalue weighted by molar-refractivity contribution is 7.89. The van der Waals surface area contributed by atoms with Crippen molar-refractivity contribution in [2.45, 2.75) is 43.3 Å². The van der Waals surface area contributed by atoms with Crippen LogP contribution in [0.1, 0.15) is 36.8 Å². The van der Waals surface area contributed by atoms with Crippen LogP contribution in [0.3, 0.4) is 0 Å². The zero-order chi connectivity index (χ0) is 27.9. The standard InChI is InChI=1S/C29H35ClN6O3S/c30-24-7-8-26-23(17-24)18-27(32-26)40(38,39)36-16-15-35(28(37)20-36)19-21-3-5-22(6-4-21)29(31)34-13-9-25(10-14-34)33-11-1-2-12-33/h3-8,17-18,25,31-32H,1-2,9-16,19-20H2. The first kappa shape index (κ1) is 27.3. The summed E-state index contributed by atoms with van der Waals surface area (Å²) in [7, 11) is -3.84. The number of benzene rings is 2. The van der Waals surface area contributed by atoms with Crippen molar-refractivity contribution in [1.29, 1.82) is 5.41 Å². The van der Waals surface area contributed by atoms with E-state index in [0.29, 0.717) is 40.9 Å². The fourth-order valence-corrected chi connectivity index (χ4v) is 7.72. The van der Waals surface area contributed by atoms with Gasteiger partial charge in [-0.25, -0.2) is 8.42 Å². The third kappa shape index (κ3) is 5.50. The van der Waals surface area contributed by atoms with E-state index >= 15 is 0 Å². The predicted octanol–water partition coefficient (Wildman–Crippen LogP) is 3.74. The lowest BCUT2D eigenvalue weighted by Gasteiger charge is -2.37. The summed E-state index contributed by atoms with van der Waals surface area (Å²) in [5.74, 6) is 0.326. The second-order valence-electron chi connectivity index (χ2n) is 11.0. The molecule has 40 heavy (non-hydrogen) atoms. The van der Waals surface area contributed by atoms with Gasteiger partial charge < -0.3 is 19.7 Å². The molecule has 2 N–H and O–H groups in total. The molecule has 0 unspecified atom stereocenters. The number of H-pyrrole nitrogens is 1. The van der Waals surface area contributed by atoms with Crippen LogP contribution in [-0.4, -0.2) is 96.0 Å². The van der Waals surface area contributed by atoms with Gasteiger partial charge in [0.1, 0.15) is 10.9 Å². The van der Waals surface area contributed by atoms with Crippen LogP contribution >= 0.6 is 11.6 Å². The molecule has 9 nitrogen and oxygen atoms in total. The molecule has 3 aliphatic rings. The van der Waals surface area contributed by atoms with Crippen molar-refractivity contribution in [3.8, 4) is 0 Å². The number of carbonyl (C=O) groups excluding carboxylic acids is 1. The number of nitrogens with one attached hydrogen (secondary N) is 2. The third-order valence-electron chi connectivity index (χ3n) is 8.50. The maximum atomic E-state index is 13.2. The van der Waals surface area contributed by atoms with Gasteiger partial charge in [0.25, 0.3) is 10.0 Å². The summed E-state index contributed by atoms with van der Waals surface area (Å²) >= 11 is 6.04. The number of amides is 1. The first-order valence-corrected chi connectivity index (χ1v) is 15.8. The molecule has 0 saturated carbocycles. The highest BCUT2D eigenvalue weighted by Crippen LogP contribution is 2.26. The van der Waals surface area contributed by atoms with E-state index in [2.05, 4.69) is 14.8 Å². The lowest BCUT2D eigenvalue weighted by molar-refractivity contribution is -0.134. The summed E-state index contributed by atoms with van der Waals surface area (Å²) < 4.78 is 27.7. The number of likely N-dealkylation sites (tertiary alicyclic amines) is 2. The summed E-state index contributed by atoms with van der Waals surface area (Å²) in [6, 6.07) is 15.2. The minimum Gasteiger partial charge on any atom is -0.356 e. The molecule has 1 aromatic heterocycles. The Balaban J connectivity index is 1.03. The number of amidine groups is 1. The van der Waals surface area contributed by atoms with Gasteiger partial charge >= 0.3 is 0 Å². The number of hydrogen-bond acceptors (Lipinski definition) is 5. The van der Waals surface area contributed by atoms with Crippen molar-refractivity contribution in [2.75, 3.05) is 45.8 Å². The Kier molecular flexibility index (Phi) is 7.60. The van der Waals surface area contributed by atoms with Gasteiger partial charge in [0.2, 0.25) is 5.91 Å². The van der Waals surface area contributed by atoms with Gasteiger partial charge in [0.15, 0.2) is 0 Å². The highest BCUT2D eigenvalue weighted by Gasteiger charge is 2.34. The van der Waals surface area contributed by atoms with Crippen molar-refractivity contribution in [1.82, 2.24) is 24.0 Å². The summed E-state index contributed by atoms with van der Waals surface area (Å²) in [5, 5.41) is 10.0. The van der Waals surface area contributed by atoms with Crippen LogP contribution in [0.25, 0.3) is 10.9 Å². The van der Waals surface area contributed by atoms with Crippen molar-refractivity contribution in [3.05, 3.63) is 64.7 Å². The Labute approximate surface area is 240 Å². The zero-order valence-corrected chi connectivity index (χ0v) is 24.1. The van der Waals surface area contributed by atoms with E-state index in [0.717, 1.165) is 37.1 Å². The van der Waals surface area contributed by atoms with Crippen molar-refractivity contribution in [2.24, 2.45) is 0 Å². The van der Waals surface area contributed by atoms with Crippen LogP contribution < -0.4 is 0 Å². The normalized spacial score (nSPS) is 20.1. The molecule has 0 bridgehead atoms. The molecule has 212 valence electrons. The van der Waals surface area contributed by atoms with E-state index in [1.807, 2.05) is 24.3 Å². The molecule has 1 amide bonds. The first-order valence-electron chi connectivity index (χ1n) is 14.0. The number of piperidine rings is 1. The molecular weight excluding hydrogens is 548 g/mol. The van der Waals surface area contributed by atoms with E-state index in [1.54, 1.807) is 29.2 Å². The first-order chi connectivity index (χ1) is 19.3. The number of halogens is 1. The monoisotopic (exact) mass is 582 g/mol. The number of sulfonamides is 1.